The zero-order valence-corrected chi connectivity index (χ0v) is 28.2. The third-order valence-electron chi connectivity index (χ3n) is 3.08. The molecule has 0 spiro atoms. The van der Waals surface area contributed by atoms with Crippen molar-refractivity contribution in [1.29, 1.82) is 0 Å². The van der Waals surface area contributed by atoms with E-state index in [4.69, 9.17) is 18.9 Å². The van der Waals surface area contributed by atoms with Crippen molar-refractivity contribution < 1.29 is 28.5 Å². The summed E-state index contributed by atoms with van der Waals surface area (Å²) in [6.45, 7) is 24.7. The van der Waals surface area contributed by atoms with Gasteiger partial charge in [-0.25, -0.2) is 0 Å². The number of esters is 2. The maximum absolute atomic E-state index is 10.8. The van der Waals surface area contributed by atoms with Crippen LogP contribution in [0.25, 0.3) is 0 Å². The fourth-order valence-electron chi connectivity index (χ4n) is 1.32. The first-order valence-corrected chi connectivity index (χ1v) is 13.2. The van der Waals surface area contributed by atoms with Crippen LogP contribution in [0, 0.1) is 13.8 Å². The van der Waals surface area contributed by atoms with Gasteiger partial charge in [0.2, 0.25) is 0 Å². The molecule has 0 N–H and O–H groups in total. The minimum Gasteiger partial charge on any atom is -0.792 e. The Balaban J connectivity index is -0.000000128. The molecule has 0 aliphatic heterocycles. The molecule has 0 aromatic heterocycles. The molecule has 0 amide bonds. The topological polar surface area (TPSA) is 71.1 Å². The van der Waals surface area contributed by atoms with Crippen LogP contribution in [-0.2, 0) is 53.8 Å². The number of carbonyl (C=O) groups excluding carboxylic acids is 2. The van der Waals surface area contributed by atoms with Gasteiger partial charge >= 0.3 is 35.8 Å². The van der Waals surface area contributed by atoms with E-state index in [1.54, 1.807) is 0 Å². The fraction of sp³-hybridized carbons (Fsp3) is 0.846. The van der Waals surface area contributed by atoms with E-state index in [9.17, 15) is 9.59 Å². The smallest absolute Gasteiger partial charge is 0.792 e. The van der Waals surface area contributed by atoms with Crippen molar-refractivity contribution in [1.82, 2.24) is 0 Å². The van der Waals surface area contributed by atoms with Crippen LogP contribution in [0.2, 0.25) is 0 Å². The van der Waals surface area contributed by atoms with Crippen LogP contribution in [0.15, 0.2) is 0 Å². The number of carbonyl (C=O) groups is 2. The predicted molar refractivity (Wildman–Crippen MR) is 153 cm³/mol. The molecule has 0 rings (SSSR count). The molecule has 0 saturated carbocycles. The summed E-state index contributed by atoms with van der Waals surface area (Å²) in [4.78, 5) is 21.6. The van der Waals surface area contributed by atoms with Crippen LogP contribution in [0.5, 0.6) is 0 Å². The van der Waals surface area contributed by atoms with Gasteiger partial charge in [-0.05, 0) is 41.5 Å². The Bertz CT molecular complexity index is 395. The first-order valence-electron chi connectivity index (χ1n) is 12.1. The predicted octanol–water partition coefficient (Wildman–Crippen LogP) is 5.42. The molecular formula is C26H52O6S2Sn. The average molecular weight is 644 g/mol. The van der Waals surface area contributed by atoms with Gasteiger partial charge in [-0.1, -0.05) is 53.4 Å². The van der Waals surface area contributed by atoms with Gasteiger partial charge in [0.05, 0.1) is 24.4 Å². The van der Waals surface area contributed by atoms with Gasteiger partial charge in [0.25, 0.3) is 0 Å². The Labute approximate surface area is 245 Å². The summed E-state index contributed by atoms with van der Waals surface area (Å²) in [5.41, 5.74) is -0.352. The Morgan fingerprint density at radius 3 is 1.09 bits per heavy atom. The number of ether oxygens (including phenoxy) is 4. The van der Waals surface area contributed by atoms with Gasteiger partial charge in [0.15, 0.2) is 0 Å². The van der Waals surface area contributed by atoms with Crippen LogP contribution in [0.4, 0.5) is 0 Å². The monoisotopic (exact) mass is 644 g/mol. The summed E-state index contributed by atoms with van der Waals surface area (Å²) in [6, 6.07) is 0. The van der Waals surface area contributed by atoms with Crippen molar-refractivity contribution in [2.75, 3.05) is 37.9 Å². The van der Waals surface area contributed by atoms with Crippen molar-refractivity contribution in [2.24, 2.45) is 0 Å². The Morgan fingerprint density at radius 2 is 0.914 bits per heavy atom. The summed E-state index contributed by atoms with van der Waals surface area (Å²) in [5.74, 6) is 0.345. The standard InChI is InChI=1S/2C9H18O3S.2C4H9.Sn/c2*1-9(2,3)12-6-5-11-8(10)4-7-13;2*1-3-4-2;/h2*13H,4-7H2,1-3H3;2*1,3-4H2,2H3;/q;;;;+2/p-2. The van der Waals surface area contributed by atoms with Crippen molar-refractivity contribution >= 4 is 61.1 Å². The molecule has 0 aliphatic carbocycles. The second kappa shape index (κ2) is 32.4. The average Bonchev–Trinajstić information content (AvgIpc) is 2.74. The molecule has 0 atom stereocenters. The largest absolute Gasteiger partial charge is 2.00 e. The van der Waals surface area contributed by atoms with Crippen LogP contribution in [-0.4, -0.2) is 85.0 Å². The summed E-state index contributed by atoms with van der Waals surface area (Å²) in [5, 5.41) is 0. The zero-order valence-electron chi connectivity index (χ0n) is 23.7. The van der Waals surface area contributed by atoms with E-state index in [2.05, 4.69) is 53.0 Å². The van der Waals surface area contributed by atoms with E-state index in [-0.39, 0.29) is 47.0 Å². The SMILES string of the molecule is CC(C)(C)OCCOC(=O)CC[S-].CC(C)(C)OCCOC(=O)CC[S-].[CH2]CCC.[CH2]CCC.[Sn+2]. The molecule has 9 heteroatoms. The van der Waals surface area contributed by atoms with Crippen LogP contribution in [0.3, 0.4) is 0 Å². The molecule has 35 heavy (non-hydrogen) atoms. The van der Waals surface area contributed by atoms with Gasteiger partial charge in [-0.3, -0.25) is 9.59 Å². The Morgan fingerprint density at radius 1 is 0.657 bits per heavy atom. The van der Waals surface area contributed by atoms with Gasteiger partial charge in [-0.2, -0.15) is 11.5 Å². The van der Waals surface area contributed by atoms with E-state index in [0.29, 0.717) is 50.8 Å². The minimum atomic E-state index is -0.243. The van der Waals surface area contributed by atoms with E-state index < -0.39 is 0 Å². The van der Waals surface area contributed by atoms with Crippen molar-refractivity contribution in [3.8, 4) is 0 Å². The molecule has 208 valence electrons. The molecule has 0 saturated heterocycles. The number of rotatable bonds is 12. The third-order valence-corrected chi connectivity index (χ3v) is 3.49. The van der Waals surface area contributed by atoms with Gasteiger partial charge in [-0.15, -0.1) is 0 Å². The van der Waals surface area contributed by atoms with Crippen LogP contribution >= 0.6 is 0 Å². The maximum Gasteiger partial charge on any atom is 2.00 e. The van der Waals surface area contributed by atoms with Crippen molar-refractivity contribution in [3.63, 3.8) is 0 Å². The van der Waals surface area contributed by atoms with Gasteiger partial charge < -0.3 is 44.2 Å². The number of unbranched alkanes of at least 4 members (excludes halogenated alkanes) is 2. The molecular weight excluding hydrogens is 591 g/mol. The molecule has 4 radical (unpaired) electrons. The van der Waals surface area contributed by atoms with E-state index in [0.717, 1.165) is 12.8 Å². The van der Waals surface area contributed by atoms with Crippen molar-refractivity contribution in [3.05, 3.63) is 13.8 Å². The maximum atomic E-state index is 10.8. The quantitative estimate of drug-likeness (QED) is 0.121. The molecule has 0 aromatic rings. The Kier molecular flexibility index (Phi) is 41.9. The zero-order chi connectivity index (χ0) is 27.5. The van der Waals surface area contributed by atoms with E-state index in [1.807, 2.05) is 41.5 Å². The first kappa shape index (κ1) is 45.3. The molecule has 0 aromatic carbocycles. The van der Waals surface area contributed by atoms with Crippen LogP contribution in [0.1, 0.15) is 93.9 Å². The molecule has 0 bridgehead atoms. The number of hydrogen-bond donors (Lipinski definition) is 0. The molecule has 0 heterocycles. The molecule has 0 unspecified atom stereocenters. The summed E-state index contributed by atoms with van der Waals surface area (Å²) >= 11 is 9.27. The molecule has 0 aliphatic rings. The normalized spacial score (nSPS) is 10.2. The van der Waals surface area contributed by atoms with Crippen LogP contribution < -0.4 is 0 Å². The summed E-state index contributed by atoms with van der Waals surface area (Å²) < 4.78 is 20.4. The minimum absolute atomic E-state index is 0. The van der Waals surface area contributed by atoms with E-state index >= 15 is 0 Å². The third kappa shape index (κ3) is 60.6. The Hall–Kier alpha value is 0.359. The summed E-state index contributed by atoms with van der Waals surface area (Å²) in [6.07, 6.45) is 5.18. The molecule has 0 fully saturated rings. The fourth-order valence-corrected chi connectivity index (χ4v) is 1.65. The second-order valence-electron chi connectivity index (χ2n) is 8.98. The van der Waals surface area contributed by atoms with E-state index in [1.165, 1.54) is 12.8 Å². The number of hydrogen-bond acceptors (Lipinski definition) is 8. The van der Waals surface area contributed by atoms with Crippen molar-refractivity contribution in [2.45, 2.75) is 105 Å². The summed E-state index contributed by atoms with van der Waals surface area (Å²) in [7, 11) is 0. The first-order chi connectivity index (χ1) is 15.7. The second-order valence-corrected chi connectivity index (χ2v) is 9.79. The van der Waals surface area contributed by atoms with Gasteiger partial charge in [0, 0.05) is 12.8 Å². The van der Waals surface area contributed by atoms with Gasteiger partial charge in [0.1, 0.15) is 13.2 Å². The molecule has 6 nitrogen and oxygen atoms in total.